The molecule has 0 saturated carbocycles. The fourth-order valence-electron chi connectivity index (χ4n) is 1.68. The number of ether oxygens (including phenoxy) is 1. The van der Waals surface area contributed by atoms with Crippen molar-refractivity contribution in [3.05, 3.63) is 48.4 Å². The van der Waals surface area contributed by atoms with E-state index in [1.165, 1.54) is 0 Å². The van der Waals surface area contributed by atoms with Gasteiger partial charge in [-0.1, -0.05) is 0 Å². The zero-order valence-corrected chi connectivity index (χ0v) is 11.3. The molecule has 0 aliphatic carbocycles. The van der Waals surface area contributed by atoms with Crippen LogP contribution in [0, 0.1) is 0 Å². The van der Waals surface area contributed by atoms with Gasteiger partial charge in [-0.3, -0.25) is 0 Å². The number of hydrogen-bond acceptors (Lipinski definition) is 4. The molecule has 0 saturated heterocycles. The summed E-state index contributed by atoms with van der Waals surface area (Å²) in [6.45, 7) is 1.99. The first-order chi connectivity index (χ1) is 8.70. The molecule has 2 N–H and O–H groups in total. The highest BCUT2D eigenvalue weighted by Gasteiger charge is 2.20. The van der Waals surface area contributed by atoms with Gasteiger partial charge in [0, 0.05) is 10.9 Å². The van der Waals surface area contributed by atoms with Crippen LogP contribution in [0.2, 0.25) is 0 Å². The molecule has 1 aromatic heterocycles. The molecule has 0 radical (unpaired) electrons. The molecule has 4 heteroatoms. The summed E-state index contributed by atoms with van der Waals surface area (Å²) in [6.07, 6.45) is 1.68. The first-order valence-corrected chi connectivity index (χ1v) is 6.68. The number of methoxy groups -OCH3 is 1. The van der Waals surface area contributed by atoms with Crippen molar-refractivity contribution in [2.45, 2.75) is 23.1 Å². The minimum Gasteiger partial charge on any atom is -0.497 e. The van der Waals surface area contributed by atoms with E-state index in [1.54, 1.807) is 25.1 Å². The van der Waals surface area contributed by atoms with Gasteiger partial charge in [-0.05, 0) is 43.3 Å². The lowest BCUT2D eigenvalue weighted by Crippen LogP contribution is -2.22. The highest BCUT2D eigenvalue weighted by Crippen LogP contribution is 2.37. The molecule has 0 aliphatic rings. The van der Waals surface area contributed by atoms with Crippen LogP contribution in [0.25, 0.3) is 0 Å². The van der Waals surface area contributed by atoms with Crippen LogP contribution in [0.1, 0.15) is 17.9 Å². The Kier molecular flexibility index (Phi) is 4.33. The lowest BCUT2D eigenvalue weighted by atomic mass is 10.2. The predicted octanol–water partition coefficient (Wildman–Crippen LogP) is 3.47. The van der Waals surface area contributed by atoms with E-state index in [0.29, 0.717) is 0 Å². The van der Waals surface area contributed by atoms with Crippen LogP contribution in [0.5, 0.6) is 5.75 Å². The molecule has 0 bridgehead atoms. The lowest BCUT2D eigenvalue weighted by molar-refractivity contribution is 0.414. The summed E-state index contributed by atoms with van der Waals surface area (Å²) in [6, 6.07) is 11.8. The fourth-order valence-corrected chi connectivity index (χ4v) is 2.73. The van der Waals surface area contributed by atoms with Gasteiger partial charge in [-0.25, -0.2) is 0 Å². The summed E-state index contributed by atoms with van der Waals surface area (Å²) in [7, 11) is 1.66. The summed E-state index contributed by atoms with van der Waals surface area (Å²) in [5, 5.41) is 0.119. The number of thioether (sulfide) groups is 1. The number of rotatable bonds is 5. The quantitative estimate of drug-likeness (QED) is 0.839. The Morgan fingerprint density at radius 1 is 1.22 bits per heavy atom. The molecule has 0 aliphatic heterocycles. The standard InChI is InChI=1S/C14H17NO2S/c1-10(15)14(13-4-3-9-17-13)18-12-7-5-11(16-2)6-8-12/h3-10,14H,15H2,1-2H3. The Morgan fingerprint density at radius 3 is 2.44 bits per heavy atom. The molecule has 96 valence electrons. The normalized spacial score (nSPS) is 14.2. The van der Waals surface area contributed by atoms with E-state index in [4.69, 9.17) is 14.9 Å². The number of furan rings is 1. The maximum atomic E-state index is 6.03. The Hall–Kier alpha value is -1.39. The summed E-state index contributed by atoms with van der Waals surface area (Å²) in [5.74, 6) is 1.76. The van der Waals surface area contributed by atoms with Crippen molar-refractivity contribution < 1.29 is 9.15 Å². The fraction of sp³-hybridized carbons (Fsp3) is 0.286. The van der Waals surface area contributed by atoms with Crippen LogP contribution < -0.4 is 10.5 Å². The van der Waals surface area contributed by atoms with Gasteiger partial charge < -0.3 is 14.9 Å². The monoisotopic (exact) mass is 263 g/mol. The van der Waals surface area contributed by atoms with Crippen molar-refractivity contribution in [2.75, 3.05) is 7.11 Å². The Labute approximate surface area is 111 Å². The van der Waals surface area contributed by atoms with Gasteiger partial charge in [0.25, 0.3) is 0 Å². The summed E-state index contributed by atoms with van der Waals surface area (Å²) < 4.78 is 10.6. The molecule has 3 nitrogen and oxygen atoms in total. The molecular weight excluding hydrogens is 246 g/mol. The first kappa shape index (κ1) is 13.1. The first-order valence-electron chi connectivity index (χ1n) is 5.80. The average Bonchev–Trinajstić information content (AvgIpc) is 2.90. The highest BCUT2D eigenvalue weighted by atomic mass is 32.2. The second kappa shape index (κ2) is 5.98. The van der Waals surface area contributed by atoms with E-state index in [1.807, 2.05) is 43.3 Å². The molecule has 2 aromatic rings. The van der Waals surface area contributed by atoms with Crippen molar-refractivity contribution in [1.82, 2.24) is 0 Å². The number of benzene rings is 1. The van der Waals surface area contributed by atoms with E-state index in [9.17, 15) is 0 Å². The highest BCUT2D eigenvalue weighted by molar-refractivity contribution is 7.99. The van der Waals surface area contributed by atoms with Crippen LogP contribution in [0.15, 0.2) is 52.0 Å². The molecule has 1 heterocycles. The molecule has 0 fully saturated rings. The lowest BCUT2D eigenvalue weighted by Gasteiger charge is -2.18. The van der Waals surface area contributed by atoms with Gasteiger partial charge in [-0.2, -0.15) is 0 Å². The van der Waals surface area contributed by atoms with Gasteiger partial charge in [-0.15, -0.1) is 11.8 Å². The zero-order valence-electron chi connectivity index (χ0n) is 10.5. The van der Waals surface area contributed by atoms with Gasteiger partial charge >= 0.3 is 0 Å². The van der Waals surface area contributed by atoms with Crippen molar-refractivity contribution >= 4 is 11.8 Å². The summed E-state index contributed by atoms with van der Waals surface area (Å²) in [5.41, 5.74) is 6.03. The zero-order chi connectivity index (χ0) is 13.0. The van der Waals surface area contributed by atoms with Crippen LogP contribution in [0.4, 0.5) is 0 Å². The molecule has 0 amide bonds. The van der Waals surface area contributed by atoms with Gasteiger partial charge in [0.05, 0.1) is 18.6 Å². The number of nitrogens with two attached hydrogens (primary N) is 1. The van der Waals surface area contributed by atoms with Crippen LogP contribution in [-0.4, -0.2) is 13.2 Å². The molecule has 1 aromatic carbocycles. The molecule has 2 unspecified atom stereocenters. The maximum Gasteiger partial charge on any atom is 0.118 e. The number of hydrogen-bond donors (Lipinski definition) is 1. The van der Waals surface area contributed by atoms with Crippen LogP contribution in [-0.2, 0) is 0 Å². The minimum absolute atomic E-state index is 0.0169. The smallest absolute Gasteiger partial charge is 0.118 e. The van der Waals surface area contributed by atoms with E-state index >= 15 is 0 Å². The average molecular weight is 263 g/mol. The molecule has 2 rings (SSSR count). The molecule has 18 heavy (non-hydrogen) atoms. The third-order valence-electron chi connectivity index (χ3n) is 2.62. The third kappa shape index (κ3) is 3.09. The Morgan fingerprint density at radius 2 is 1.94 bits per heavy atom. The van der Waals surface area contributed by atoms with Gasteiger partial charge in [0.15, 0.2) is 0 Å². The van der Waals surface area contributed by atoms with E-state index in [0.717, 1.165) is 16.4 Å². The molecular formula is C14H17NO2S. The Balaban J connectivity index is 2.13. The summed E-state index contributed by atoms with van der Waals surface area (Å²) in [4.78, 5) is 1.15. The molecule has 0 spiro atoms. The molecule has 2 atom stereocenters. The van der Waals surface area contributed by atoms with Crippen LogP contribution >= 0.6 is 11.8 Å². The second-order valence-corrected chi connectivity index (χ2v) is 5.30. The topological polar surface area (TPSA) is 48.4 Å². The minimum atomic E-state index is 0.0169. The SMILES string of the molecule is COc1ccc(SC(c2ccco2)C(C)N)cc1. The van der Waals surface area contributed by atoms with Crippen molar-refractivity contribution in [1.29, 1.82) is 0 Å². The van der Waals surface area contributed by atoms with Crippen molar-refractivity contribution in [2.24, 2.45) is 5.73 Å². The van der Waals surface area contributed by atoms with E-state index in [-0.39, 0.29) is 11.3 Å². The predicted molar refractivity (Wildman–Crippen MR) is 73.9 cm³/mol. The Bertz CT molecular complexity index is 465. The summed E-state index contributed by atoms with van der Waals surface area (Å²) >= 11 is 1.70. The van der Waals surface area contributed by atoms with E-state index < -0.39 is 0 Å². The second-order valence-electron chi connectivity index (χ2n) is 4.09. The van der Waals surface area contributed by atoms with Gasteiger partial charge in [0.1, 0.15) is 11.5 Å². The van der Waals surface area contributed by atoms with Gasteiger partial charge in [0.2, 0.25) is 0 Å². The maximum absolute atomic E-state index is 6.03. The third-order valence-corrected chi connectivity index (χ3v) is 4.08. The van der Waals surface area contributed by atoms with Crippen LogP contribution in [0.3, 0.4) is 0 Å². The van der Waals surface area contributed by atoms with Crippen molar-refractivity contribution in [3.8, 4) is 5.75 Å². The van der Waals surface area contributed by atoms with Crippen molar-refractivity contribution in [3.63, 3.8) is 0 Å². The largest absolute Gasteiger partial charge is 0.497 e. The van der Waals surface area contributed by atoms with E-state index in [2.05, 4.69) is 0 Å².